The summed E-state index contributed by atoms with van der Waals surface area (Å²) in [5, 5.41) is 1.07. The van der Waals surface area contributed by atoms with Gasteiger partial charge in [0.25, 0.3) is 0 Å². The van der Waals surface area contributed by atoms with Crippen molar-refractivity contribution in [3.05, 3.63) is 46.1 Å². The van der Waals surface area contributed by atoms with E-state index in [1.807, 2.05) is 19.1 Å². The first-order valence-corrected chi connectivity index (χ1v) is 5.51. The van der Waals surface area contributed by atoms with Gasteiger partial charge >= 0.3 is 0 Å². The van der Waals surface area contributed by atoms with E-state index in [1.165, 1.54) is 0 Å². The maximum atomic E-state index is 5.96. The molecule has 2 nitrogen and oxygen atoms in total. The summed E-state index contributed by atoms with van der Waals surface area (Å²) in [7, 11) is 0. The van der Waals surface area contributed by atoms with Crippen LogP contribution in [0.1, 0.15) is 5.56 Å². The molecular formula is C12H10Cl2N2. The molecule has 1 aromatic heterocycles. The van der Waals surface area contributed by atoms with Gasteiger partial charge in [0.05, 0.1) is 27.6 Å². The molecule has 1 aromatic carbocycles. The van der Waals surface area contributed by atoms with Crippen molar-refractivity contribution in [2.75, 3.05) is 5.73 Å². The number of pyridine rings is 1. The van der Waals surface area contributed by atoms with E-state index in [2.05, 4.69) is 4.98 Å². The van der Waals surface area contributed by atoms with E-state index >= 15 is 0 Å². The van der Waals surface area contributed by atoms with E-state index < -0.39 is 0 Å². The molecule has 2 rings (SSSR count). The monoisotopic (exact) mass is 252 g/mol. The Bertz CT molecular complexity index is 539. The molecule has 0 unspecified atom stereocenters. The molecule has 0 aliphatic rings. The van der Waals surface area contributed by atoms with Crippen molar-refractivity contribution < 1.29 is 0 Å². The van der Waals surface area contributed by atoms with E-state index in [-0.39, 0.29) is 0 Å². The molecule has 16 heavy (non-hydrogen) atoms. The van der Waals surface area contributed by atoms with Gasteiger partial charge in [0.2, 0.25) is 0 Å². The Balaban J connectivity index is 2.54. The predicted molar refractivity (Wildman–Crippen MR) is 68.8 cm³/mol. The van der Waals surface area contributed by atoms with Gasteiger partial charge in [-0.25, -0.2) is 0 Å². The van der Waals surface area contributed by atoms with Crippen molar-refractivity contribution in [3.63, 3.8) is 0 Å². The number of nitrogens with zero attached hydrogens (tertiary/aromatic N) is 1. The topological polar surface area (TPSA) is 38.9 Å². The van der Waals surface area contributed by atoms with Gasteiger partial charge in [0, 0.05) is 5.56 Å². The number of rotatable bonds is 1. The number of benzene rings is 1. The van der Waals surface area contributed by atoms with Gasteiger partial charge in [0.15, 0.2) is 0 Å². The fourth-order valence-corrected chi connectivity index (χ4v) is 1.84. The molecule has 0 aliphatic heterocycles. The van der Waals surface area contributed by atoms with E-state index in [4.69, 9.17) is 28.9 Å². The number of hydrogen-bond donors (Lipinski definition) is 1. The number of nitrogen functional groups attached to an aromatic ring is 1. The molecule has 0 spiro atoms. The maximum absolute atomic E-state index is 5.96. The fraction of sp³-hybridized carbons (Fsp3) is 0.0833. The maximum Gasteiger partial charge on any atom is 0.0733 e. The predicted octanol–water partition coefficient (Wildman–Crippen LogP) is 3.95. The number of halogens is 2. The first-order valence-electron chi connectivity index (χ1n) is 4.75. The summed E-state index contributed by atoms with van der Waals surface area (Å²) in [4.78, 5) is 4.29. The number of anilines is 1. The highest BCUT2D eigenvalue weighted by Gasteiger charge is 2.06. The number of hydrogen-bond acceptors (Lipinski definition) is 2. The van der Waals surface area contributed by atoms with Crippen LogP contribution in [0.3, 0.4) is 0 Å². The van der Waals surface area contributed by atoms with Crippen LogP contribution in [0.5, 0.6) is 0 Å². The Kier molecular flexibility index (Phi) is 3.03. The van der Waals surface area contributed by atoms with Crippen molar-refractivity contribution in [2.24, 2.45) is 0 Å². The van der Waals surface area contributed by atoms with Crippen molar-refractivity contribution in [2.45, 2.75) is 6.92 Å². The second kappa shape index (κ2) is 4.32. The lowest BCUT2D eigenvalue weighted by Gasteiger charge is -2.06. The molecule has 0 radical (unpaired) electrons. The van der Waals surface area contributed by atoms with Crippen LogP contribution in [-0.2, 0) is 0 Å². The van der Waals surface area contributed by atoms with Crippen LogP contribution in [0.25, 0.3) is 11.3 Å². The van der Waals surface area contributed by atoms with Crippen molar-refractivity contribution in [1.29, 1.82) is 0 Å². The highest BCUT2D eigenvalue weighted by atomic mass is 35.5. The van der Waals surface area contributed by atoms with Gasteiger partial charge in [-0.15, -0.1) is 0 Å². The Labute approximate surface area is 104 Å². The van der Waals surface area contributed by atoms with Crippen LogP contribution < -0.4 is 5.73 Å². The van der Waals surface area contributed by atoms with Crippen LogP contribution in [0.2, 0.25) is 10.0 Å². The summed E-state index contributed by atoms with van der Waals surface area (Å²) in [6.45, 7) is 1.96. The zero-order valence-electron chi connectivity index (χ0n) is 8.67. The Morgan fingerprint density at radius 1 is 1.12 bits per heavy atom. The van der Waals surface area contributed by atoms with E-state index in [0.717, 1.165) is 16.8 Å². The molecule has 1 heterocycles. The summed E-state index contributed by atoms with van der Waals surface area (Å²) in [5.41, 5.74) is 9.12. The SMILES string of the molecule is Cc1cc(N)cnc1-c1ccc(Cl)c(Cl)c1. The number of nitrogens with two attached hydrogens (primary N) is 1. The third-order valence-corrected chi connectivity index (χ3v) is 3.03. The van der Waals surface area contributed by atoms with Crippen LogP contribution in [0, 0.1) is 6.92 Å². The molecule has 0 bridgehead atoms. The molecule has 2 aromatic rings. The summed E-state index contributed by atoms with van der Waals surface area (Å²) in [5.74, 6) is 0. The Hall–Kier alpha value is -1.25. The molecule has 0 amide bonds. The summed E-state index contributed by atoms with van der Waals surface area (Å²) in [6.07, 6.45) is 1.63. The lowest BCUT2D eigenvalue weighted by molar-refractivity contribution is 1.27. The molecule has 0 saturated carbocycles. The third-order valence-electron chi connectivity index (χ3n) is 2.29. The van der Waals surface area contributed by atoms with Crippen molar-refractivity contribution in [3.8, 4) is 11.3 Å². The van der Waals surface area contributed by atoms with E-state index in [1.54, 1.807) is 18.3 Å². The van der Waals surface area contributed by atoms with Crippen LogP contribution in [0.4, 0.5) is 5.69 Å². The lowest BCUT2D eigenvalue weighted by Crippen LogP contribution is -1.92. The number of aromatic nitrogens is 1. The summed E-state index contributed by atoms with van der Waals surface area (Å²) in [6, 6.07) is 7.33. The van der Waals surface area contributed by atoms with Gasteiger partial charge in [-0.1, -0.05) is 29.3 Å². The molecular weight excluding hydrogens is 243 g/mol. The standard InChI is InChI=1S/C12H10Cl2N2/c1-7-4-9(15)6-16-12(7)8-2-3-10(13)11(14)5-8/h2-6H,15H2,1H3. The second-order valence-corrected chi connectivity index (χ2v) is 4.38. The summed E-state index contributed by atoms with van der Waals surface area (Å²) < 4.78 is 0. The lowest BCUT2D eigenvalue weighted by atomic mass is 10.1. The Morgan fingerprint density at radius 3 is 2.50 bits per heavy atom. The summed E-state index contributed by atoms with van der Waals surface area (Å²) >= 11 is 11.8. The van der Waals surface area contributed by atoms with E-state index in [0.29, 0.717) is 15.7 Å². The average molecular weight is 253 g/mol. The fourth-order valence-electron chi connectivity index (χ4n) is 1.54. The third kappa shape index (κ3) is 2.13. The molecule has 82 valence electrons. The van der Waals surface area contributed by atoms with Gasteiger partial charge < -0.3 is 5.73 Å². The van der Waals surface area contributed by atoms with Crippen molar-refractivity contribution >= 4 is 28.9 Å². The van der Waals surface area contributed by atoms with E-state index in [9.17, 15) is 0 Å². The zero-order chi connectivity index (χ0) is 11.7. The van der Waals surface area contributed by atoms with Gasteiger partial charge in [-0.3, -0.25) is 4.98 Å². The zero-order valence-corrected chi connectivity index (χ0v) is 10.2. The molecule has 4 heteroatoms. The quantitative estimate of drug-likeness (QED) is 0.835. The number of aryl methyl sites for hydroxylation is 1. The van der Waals surface area contributed by atoms with Crippen LogP contribution in [0.15, 0.2) is 30.5 Å². The second-order valence-electron chi connectivity index (χ2n) is 3.56. The largest absolute Gasteiger partial charge is 0.397 e. The van der Waals surface area contributed by atoms with Crippen LogP contribution >= 0.6 is 23.2 Å². The van der Waals surface area contributed by atoms with Gasteiger partial charge in [0.1, 0.15) is 0 Å². The normalized spacial score (nSPS) is 10.4. The van der Waals surface area contributed by atoms with Crippen molar-refractivity contribution in [1.82, 2.24) is 4.98 Å². The first kappa shape index (κ1) is 11.2. The molecule has 2 N–H and O–H groups in total. The highest BCUT2D eigenvalue weighted by molar-refractivity contribution is 6.42. The molecule has 0 saturated heterocycles. The first-order chi connectivity index (χ1) is 7.58. The molecule has 0 atom stereocenters. The smallest absolute Gasteiger partial charge is 0.0733 e. The molecule has 0 aliphatic carbocycles. The highest BCUT2D eigenvalue weighted by Crippen LogP contribution is 2.29. The minimum absolute atomic E-state index is 0.525. The average Bonchev–Trinajstić information content (AvgIpc) is 2.22. The van der Waals surface area contributed by atoms with Gasteiger partial charge in [-0.05, 0) is 30.7 Å². The Morgan fingerprint density at radius 2 is 1.88 bits per heavy atom. The van der Waals surface area contributed by atoms with Crippen LogP contribution in [-0.4, -0.2) is 4.98 Å². The van der Waals surface area contributed by atoms with Gasteiger partial charge in [-0.2, -0.15) is 0 Å². The minimum Gasteiger partial charge on any atom is -0.397 e. The minimum atomic E-state index is 0.525. The molecule has 0 fully saturated rings.